The highest BCUT2D eigenvalue weighted by Crippen LogP contribution is 2.30. The van der Waals surface area contributed by atoms with Crippen molar-refractivity contribution in [3.63, 3.8) is 0 Å². The maximum Gasteiger partial charge on any atom is 0.343 e. The number of aryl methyl sites for hydroxylation is 1. The highest BCUT2D eigenvalue weighted by atomic mass is 19.1. The molecule has 0 atom stereocenters. The molecule has 10 heteroatoms. The van der Waals surface area contributed by atoms with Gasteiger partial charge in [0.2, 0.25) is 0 Å². The van der Waals surface area contributed by atoms with E-state index in [0.717, 1.165) is 6.07 Å². The van der Waals surface area contributed by atoms with Crippen molar-refractivity contribution in [2.75, 3.05) is 12.4 Å². The van der Waals surface area contributed by atoms with Crippen molar-refractivity contribution in [3.8, 4) is 17.6 Å². The van der Waals surface area contributed by atoms with E-state index < -0.39 is 22.6 Å². The lowest BCUT2D eigenvalue weighted by molar-refractivity contribution is -0.384. The molecule has 0 saturated heterocycles. The van der Waals surface area contributed by atoms with Gasteiger partial charge in [-0.25, -0.2) is 9.18 Å². The van der Waals surface area contributed by atoms with Crippen LogP contribution in [0.1, 0.15) is 21.5 Å². The fourth-order valence-corrected chi connectivity index (χ4v) is 3.00. The van der Waals surface area contributed by atoms with Crippen LogP contribution in [0.3, 0.4) is 0 Å². The summed E-state index contributed by atoms with van der Waals surface area (Å²) in [7, 11) is 1.34. The molecule has 0 heterocycles. The molecule has 0 fully saturated rings. The number of anilines is 1. The van der Waals surface area contributed by atoms with E-state index in [4.69, 9.17) is 9.47 Å². The molecule has 1 amide bonds. The summed E-state index contributed by atoms with van der Waals surface area (Å²) in [5, 5.41) is 23.0. The second kappa shape index (κ2) is 10.7. The van der Waals surface area contributed by atoms with Gasteiger partial charge in [0.05, 0.1) is 23.3 Å². The zero-order chi connectivity index (χ0) is 25.5. The van der Waals surface area contributed by atoms with Crippen LogP contribution in [0.5, 0.6) is 11.5 Å². The number of carbonyl (C=O) groups is 2. The van der Waals surface area contributed by atoms with Gasteiger partial charge in [-0.05, 0) is 54.5 Å². The van der Waals surface area contributed by atoms with Gasteiger partial charge in [0.1, 0.15) is 17.5 Å². The monoisotopic (exact) mass is 475 g/mol. The number of methoxy groups -OCH3 is 1. The van der Waals surface area contributed by atoms with E-state index in [0.29, 0.717) is 11.1 Å². The van der Waals surface area contributed by atoms with Crippen molar-refractivity contribution in [2.45, 2.75) is 6.92 Å². The minimum atomic E-state index is -0.796. The normalized spacial score (nSPS) is 10.7. The smallest absolute Gasteiger partial charge is 0.343 e. The first kappa shape index (κ1) is 24.6. The zero-order valence-corrected chi connectivity index (χ0v) is 18.6. The van der Waals surface area contributed by atoms with Crippen molar-refractivity contribution in [1.82, 2.24) is 0 Å². The molecule has 0 aliphatic heterocycles. The Hall–Kier alpha value is -5.04. The van der Waals surface area contributed by atoms with E-state index in [9.17, 15) is 29.4 Å². The van der Waals surface area contributed by atoms with Crippen LogP contribution in [0.4, 0.5) is 15.8 Å². The van der Waals surface area contributed by atoms with Crippen molar-refractivity contribution in [1.29, 1.82) is 5.26 Å². The van der Waals surface area contributed by atoms with Gasteiger partial charge in [0.25, 0.3) is 11.6 Å². The molecule has 0 bridgehead atoms. The number of amides is 1. The van der Waals surface area contributed by atoms with Crippen LogP contribution in [0.25, 0.3) is 6.08 Å². The second-order valence-electron chi connectivity index (χ2n) is 7.19. The van der Waals surface area contributed by atoms with Gasteiger partial charge in [-0.2, -0.15) is 5.26 Å². The van der Waals surface area contributed by atoms with Crippen LogP contribution in [0, 0.1) is 34.2 Å². The minimum absolute atomic E-state index is 0.0101. The Morgan fingerprint density at radius 1 is 1.11 bits per heavy atom. The van der Waals surface area contributed by atoms with E-state index >= 15 is 0 Å². The molecule has 0 radical (unpaired) electrons. The van der Waals surface area contributed by atoms with Crippen molar-refractivity contribution < 1.29 is 28.4 Å². The summed E-state index contributed by atoms with van der Waals surface area (Å²) in [6.45, 7) is 1.66. The molecule has 3 rings (SSSR count). The van der Waals surface area contributed by atoms with Gasteiger partial charge in [0.15, 0.2) is 11.5 Å². The average Bonchev–Trinajstić information content (AvgIpc) is 2.84. The maximum absolute atomic E-state index is 13.4. The molecule has 1 N–H and O–H groups in total. The molecule has 3 aromatic carbocycles. The summed E-state index contributed by atoms with van der Waals surface area (Å²) >= 11 is 0. The van der Waals surface area contributed by atoms with E-state index in [1.54, 1.807) is 13.0 Å². The Kier molecular flexibility index (Phi) is 7.53. The molecular weight excluding hydrogens is 457 g/mol. The highest BCUT2D eigenvalue weighted by molar-refractivity contribution is 6.10. The van der Waals surface area contributed by atoms with E-state index in [2.05, 4.69) is 5.32 Å². The lowest BCUT2D eigenvalue weighted by atomic mass is 10.1. The van der Waals surface area contributed by atoms with Crippen molar-refractivity contribution in [3.05, 3.63) is 98.9 Å². The number of halogens is 1. The highest BCUT2D eigenvalue weighted by Gasteiger charge is 2.16. The van der Waals surface area contributed by atoms with E-state index in [-0.39, 0.29) is 34.0 Å². The number of hydrogen-bond donors (Lipinski definition) is 1. The Bertz CT molecular complexity index is 1390. The molecule has 0 aliphatic carbocycles. The lowest BCUT2D eigenvalue weighted by Gasteiger charge is -2.11. The van der Waals surface area contributed by atoms with Crippen LogP contribution in [0.15, 0.2) is 66.2 Å². The third-order valence-corrected chi connectivity index (χ3v) is 4.81. The summed E-state index contributed by atoms with van der Waals surface area (Å²) in [4.78, 5) is 35.3. The molecule has 3 aromatic rings. The molecule has 0 aromatic heterocycles. The standard InChI is InChI=1S/C25H18FN3O6/c1-15-6-8-20(29(32)33)13-21(15)28-24(30)18(14-27)10-16-7-9-22(23(11-16)34-2)35-25(31)17-4-3-5-19(26)12-17/h3-13H,1-2H3,(H,28,30)/b18-10+. The third kappa shape index (κ3) is 6.06. The predicted molar refractivity (Wildman–Crippen MR) is 124 cm³/mol. The quantitative estimate of drug-likeness (QED) is 0.129. The molecule has 0 aliphatic rings. The van der Waals surface area contributed by atoms with Crippen LogP contribution >= 0.6 is 0 Å². The summed E-state index contributed by atoms with van der Waals surface area (Å²) in [6, 6.07) is 15.1. The van der Waals surface area contributed by atoms with Gasteiger partial charge in [-0.3, -0.25) is 14.9 Å². The zero-order valence-electron chi connectivity index (χ0n) is 18.6. The predicted octanol–water partition coefficient (Wildman–Crippen LogP) is 4.82. The van der Waals surface area contributed by atoms with Crippen LogP contribution in [-0.2, 0) is 4.79 Å². The van der Waals surface area contributed by atoms with Gasteiger partial charge in [-0.15, -0.1) is 0 Å². The number of non-ortho nitro benzene ring substituents is 1. The number of esters is 1. The number of carbonyl (C=O) groups excluding carboxylic acids is 2. The first-order valence-electron chi connectivity index (χ1n) is 10.1. The summed E-state index contributed by atoms with van der Waals surface area (Å²) < 4.78 is 23.9. The van der Waals surface area contributed by atoms with Crippen LogP contribution < -0.4 is 14.8 Å². The Morgan fingerprint density at radius 3 is 2.54 bits per heavy atom. The van der Waals surface area contributed by atoms with Crippen molar-refractivity contribution >= 4 is 29.3 Å². The minimum Gasteiger partial charge on any atom is -0.493 e. The largest absolute Gasteiger partial charge is 0.493 e. The fraction of sp³-hybridized carbons (Fsp3) is 0.0800. The Labute approximate surface area is 199 Å². The van der Waals surface area contributed by atoms with Crippen LogP contribution in [-0.4, -0.2) is 23.9 Å². The molecule has 0 saturated carbocycles. The molecule has 35 heavy (non-hydrogen) atoms. The Morgan fingerprint density at radius 2 is 1.89 bits per heavy atom. The average molecular weight is 475 g/mol. The molecule has 0 unspecified atom stereocenters. The summed E-state index contributed by atoms with van der Waals surface area (Å²) in [5.74, 6) is -1.97. The van der Waals surface area contributed by atoms with E-state index in [1.165, 1.54) is 67.8 Å². The van der Waals surface area contributed by atoms with Gasteiger partial charge in [0, 0.05) is 12.1 Å². The first-order valence-corrected chi connectivity index (χ1v) is 10.1. The second-order valence-corrected chi connectivity index (χ2v) is 7.19. The number of benzene rings is 3. The van der Waals surface area contributed by atoms with E-state index in [1.807, 2.05) is 0 Å². The van der Waals surface area contributed by atoms with Gasteiger partial charge >= 0.3 is 5.97 Å². The fourth-order valence-electron chi connectivity index (χ4n) is 3.00. The number of ether oxygens (including phenoxy) is 2. The number of nitro groups is 1. The lowest BCUT2D eigenvalue weighted by Crippen LogP contribution is -2.14. The molecule has 9 nitrogen and oxygen atoms in total. The first-order chi connectivity index (χ1) is 16.7. The van der Waals surface area contributed by atoms with Gasteiger partial charge < -0.3 is 14.8 Å². The summed E-state index contributed by atoms with van der Waals surface area (Å²) in [6.07, 6.45) is 1.28. The topological polar surface area (TPSA) is 132 Å². The SMILES string of the molecule is COc1cc(/C=C(\C#N)C(=O)Nc2cc([N+](=O)[O-])ccc2C)ccc1OC(=O)c1cccc(F)c1. The number of nitrogens with zero attached hydrogens (tertiary/aromatic N) is 2. The molecular formula is C25H18FN3O6. The van der Waals surface area contributed by atoms with Crippen molar-refractivity contribution in [2.24, 2.45) is 0 Å². The number of nitriles is 1. The molecule has 0 spiro atoms. The van der Waals surface area contributed by atoms with Gasteiger partial charge in [-0.1, -0.05) is 18.2 Å². The number of nitrogens with one attached hydrogen (secondary N) is 1. The maximum atomic E-state index is 13.4. The van der Waals surface area contributed by atoms with Crippen LogP contribution in [0.2, 0.25) is 0 Å². The number of nitro benzene ring substituents is 1. The molecule has 176 valence electrons. The Balaban J connectivity index is 1.83. The summed E-state index contributed by atoms with van der Waals surface area (Å²) in [5.41, 5.74) is 0.685. The number of hydrogen-bond acceptors (Lipinski definition) is 7. The number of rotatable bonds is 7. The third-order valence-electron chi connectivity index (χ3n) is 4.81.